The number of sulfonamides is 1. The lowest BCUT2D eigenvalue weighted by Gasteiger charge is -2.24. The molecule has 0 amide bonds. The van der Waals surface area contributed by atoms with Crippen LogP contribution >= 0.6 is 0 Å². The minimum atomic E-state index is -3.80. The predicted molar refractivity (Wildman–Crippen MR) is 90.0 cm³/mol. The Kier molecular flexibility index (Phi) is 4.26. The Bertz CT molecular complexity index is 918. The van der Waals surface area contributed by atoms with Gasteiger partial charge in [-0.2, -0.15) is 5.10 Å². The molecule has 0 fully saturated rings. The molecule has 2 heterocycles. The first-order valence-electron chi connectivity index (χ1n) is 7.74. The van der Waals surface area contributed by atoms with Crippen molar-refractivity contribution in [1.82, 2.24) is 14.5 Å². The summed E-state index contributed by atoms with van der Waals surface area (Å²) in [5, 5.41) is 14.9. The normalized spacial score (nSPS) is 16.0. The summed E-state index contributed by atoms with van der Waals surface area (Å²) >= 11 is 0. The highest BCUT2D eigenvalue weighted by Gasteiger charge is 2.30. The first kappa shape index (κ1) is 17.7. The van der Waals surface area contributed by atoms with E-state index < -0.39 is 15.6 Å². The van der Waals surface area contributed by atoms with Gasteiger partial charge in [0.2, 0.25) is 16.8 Å². The Morgan fingerprint density at radius 2 is 2.00 bits per heavy atom. The Morgan fingerprint density at radius 3 is 2.64 bits per heavy atom. The fraction of sp³-hybridized carbons (Fsp3) is 0.438. The molecule has 1 aliphatic rings. The highest BCUT2D eigenvalue weighted by molar-refractivity contribution is 7.89. The number of nitrogens with one attached hydrogen (secondary N) is 1. The summed E-state index contributed by atoms with van der Waals surface area (Å²) in [6, 6.07) is 5.02. The van der Waals surface area contributed by atoms with Gasteiger partial charge in [0, 0.05) is 13.6 Å². The third-order valence-corrected chi connectivity index (χ3v) is 5.96. The molecule has 0 aliphatic carbocycles. The standard InChI is InChI=1S/C16H21N3O5S/c1-10-15(11(2)19(4)18-10)25(21,22)17-8-16(3,20)12-5-6-13-14(7-12)24-9-23-13/h5-7,17,20H,8-9H2,1-4H3/t16-/m1/s1. The lowest BCUT2D eigenvalue weighted by atomic mass is 9.96. The smallest absolute Gasteiger partial charge is 0.244 e. The highest BCUT2D eigenvalue weighted by atomic mass is 32.2. The molecule has 9 heteroatoms. The predicted octanol–water partition coefficient (Wildman–Crippen LogP) is 0.952. The highest BCUT2D eigenvalue weighted by Crippen LogP contribution is 2.35. The Morgan fingerprint density at radius 1 is 1.32 bits per heavy atom. The van der Waals surface area contributed by atoms with E-state index in [0.717, 1.165) is 0 Å². The van der Waals surface area contributed by atoms with Crippen LogP contribution in [0.25, 0.3) is 0 Å². The van der Waals surface area contributed by atoms with Crippen LogP contribution in [0.15, 0.2) is 23.1 Å². The van der Waals surface area contributed by atoms with Gasteiger partial charge in [-0.05, 0) is 38.5 Å². The molecule has 0 radical (unpaired) electrons. The number of benzene rings is 1. The van der Waals surface area contributed by atoms with Crippen LogP contribution in [0.4, 0.5) is 0 Å². The van der Waals surface area contributed by atoms with Crippen molar-refractivity contribution in [2.45, 2.75) is 31.3 Å². The maximum atomic E-state index is 12.6. The molecule has 0 saturated heterocycles. The van der Waals surface area contributed by atoms with Crippen LogP contribution in [0.1, 0.15) is 23.9 Å². The molecular formula is C16H21N3O5S. The maximum Gasteiger partial charge on any atom is 0.244 e. The van der Waals surface area contributed by atoms with Gasteiger partial charge < -0.3 is 14.6 Å². The van der Waals surface area contributed by atoms with Crippen LogP contribution in [-0.2, 0) is 22.7 Å². The Balaban J connectivity index is 1.82. The van der Waals surface area contributed by atoms with Gasteiger partial charge in [0.1, 0.15) is 10.5 Å². The van der Waals surface area contributed by atoms with Crippen molar-refractivity contribution < 1.29 is 23.0 Å². The van der Waals surface area contributed by atoms with Crippen LogP contribution in [0.5, 0.6) is 11.5 Å². The summed E-state index contributed by atoms with van der Waals surface area (Å²) in [5.74, 6) is 1.13. The summed E-state index contributed by atoms with van der Waals surface area (Å²) in [5.41, 5.74) is 0.0555. The number of aryl methyl sites for hydroxylation is 2. The fourth-order valence-electron chi connectivity index (χ4n) is 2.78. The second kappa shape index (κ2) is 6.01. The summed E-state index contributed by atoms with van der Waals surface area (Å²) in [4.78, 5) is 0.136. The van der Waals surface area contributed by atoms with Gasteiger partial charge in [0.05, 0.1) is 11.4 Å². The third-order valence-electron chi connectivity index (χ3n) is 4.31. The minimum Gasteiger partial charge on any atom is -0.454 e. The Hall–Kier alpha value is -2.10. The zero-order valence-electron chi connectivity index (χ0n) is 14.5. The van der Waals surface area contributed by atoms with Crippen LogP contribution < -0.4 is 14.2 Å². The first-order valence-corrected chi connectivity index (χ1v) is 9.22. The Labute approximate surface area is 146 Å². The SMILES string of the molecule is Cc1nn(C)c(C)c1S(=O)(=O)NC[C@@](C)(O)c1ccc2c(c1)OCO2. The van der Waals surface area contributed by atoms with Crippen LogP contribution in [0, 0.1) is 13.8 Å². The molecule has 8 nitrogen and oxygen atoms in total. The average Bonchev–Trinajstić information content (AvgIpc) is 3.09. The van der Waals surface area contributed by atoms with Crippen molar-refractivity contribution in [3.8, 4) is 11.5 Å². The van der Waals surface area contributed by atoms with Gasteiger partial charge in [-0.3, -0.25) is 4.68 Å². The molecule has 2 N–H and O–H groups in total. The van der Waals surface area contributed by atoms with Crippen molar-refractivity contribution in [1.29, 1.82) is 0 Å². The minimum absolute atomic E-state index is 0.132. The van der Waals surface area contributed by atoms with Crippen LogP contribution in [0.2, 0.25) is 0 Å². The molecule has 3 rings (SSSR count). The largest absolute Gasteiger partial charge is 0.454 e. The number of aliphatic hydroxyl groups is 1. The van der Waals surface area contributed by atoms with Gasteiger partial charge in [0.25, 0.3) is 0 Å². The first-order chi connectivity index (χ1) is 11.6. The van der Waals surface area contributed by atoms with E-state index in [1.54, 1.807) is 39.1 Å². The van der Waals surface area contributed by atoms with Crippen molar-refractivity contribution in [2.24, 2.45) is 7.05 Å². The molecule has 136 valence electrons. The number of hydrogen-bond acceptors (Lipinski definition) is 6. The van der Waals surface area contributed by atoms with E-state index in [-0.39, 0.29) is 18.2 Å². The van der Waals surface area contributed by atoms with Crippen molar-refractivity contribution in [3.05, 3.63) is 35.2 Å². The number of hydrogen-bond donors (Lipinski definition) is 2. The molecule has 0 spiro atoms. The van der Waals surface area contributed by atoms with E-state index in [2.05, 4.69) is 9.82 Å². The summed E-state index contributed by atoms with van der Waals surface area (Å²) < 4.78 is 39.8. The average molecular weight is 367 g/mol. The molecular weight excluding hydrogens is 346 g/mol. The van der Waals surface area contributed by atoms with Gasteiger partial charge in [-0.1, -0.05) is 6.07 Å². The monoisotopic (exact) mass is 367 g/mol. The van der Waals surface area contributed by atoms with E-state index in [4.69, 9.17) is 9.47 Å². The molecule has 1 aromatic carbocycles. The van der Waals surface area contributed by atoms with Gasteiger partial charge in [0.15, 0.2) is 11.5 Å². The van der Waals surface area contributed by atoms with Crippen molar-refractivity contribution >= 4 is 10.0 Å². The number of rotatable bonds is 5. The van der Waals surface area contributed by atoms with E-state index in [9.17, 15) is 13.5 Å². The number of ether oxygens (including phenoxy) is 2. The summed E-state index contributed by atoms with van der Waals surface area (Å²) in [6.07, 6.45) is 0. The lowest BCUT2D eigenvalue weighted by Crippen LogP contribution is -2.38. The molecule has 0 saturated carbocycles. The van der Waals surface area contributed by atoms with Crippen molar-refractivity contribution in [2.75, 3.05) is 13.3 Å². The quantitative estimate of drug-likeness (QED) is 0.816. The van der Waals surface area contributed by atoms with Crippen LogP contribution in [0.3, 0.4) is 0 Å². The number of nitrogens with zero attached hydrogens (tertiary/aromatic N) is 2. The molecule has 0 unspecified atom stereocenters. The van der Waals surface area contributed by atoms with E-state index >= 15 is 0 Å². The molecule has 1 aromatic heterocycles. The van der Waals surface area contributed by atoms with E-state index in [1.165, 1.54) is 11.6 Å². The van der Waals surface area contributed by atoms with Gasteiger partial charge >= 0.3 is 0 Å². The number of fused-ring (bicyclic) bond motifs is 1. The van der Waals surface area contributed by atoms with Crippen molar-refractivity contribution in [3.63, 3.8) is 0 Å². The van der Waals surface area contributed by atoms with E-state index in [1.807, 2.05) is 0 Å². The third kappa shape index (κ3) is 3.22. The second-order valence-electron chi connectivity index (χ2n) is 6.29. The molecule has 1 atom stereocenters. The molecule has 1 aliphatic heterocycles. The summed E-state index contributed by atoms with van der Waals surface area (Å²) in [6.45, 7) is 4.80. The summed E-state index contributed by atoms with van der Waals surface area (Å²) in [7, 11) is -2.12. The number of aromatic nitrogens is 2. The topological polar surface area (TPSA) is 103 Å². The molecule has 25 heavy (non-hydrogen) atoms. The second-order valence-corrected chi connectivity index (χ2v) is 7.99. The zero-order valence-corrected chi connectivity index (χ0v) is 15.3. The molecule has 2 aromatic rings. The zero-order chi connectivity index (χ0) is 18.4. The molecule has 0 bridgehead atoms. The van der Waals surface area contributed by atoms with Crippen LogP contribution in [-0.4, -0.2) is 36.6 Å². The van der Waals surface area contributed by atoms with Gasteiger partial charge in [-0.15, -0.1) is 0 Å². The fourth-order valence-corrected chi connectivity index (χ4v) is 4.35. The lowest BCUT2D eigenvalue weighted by molar-refractivity contribution is 0.0625. The maximum absolute atomic E-state index is 12.6. The van der Waals surface area contributed by atoms with Gasteiger partial charge in [-0.25, -0.2) is 13.1 Å². The van der Waals surface area contributed by atoms with E-state index in [0.29, 0.717) is 28.5 Å².